The van der Waals surface area contributed by atoms with Gasteiger partial charge in [0.25, 0.3) is 0 Å². The number of nitrogens with zero attached hydrogens (tertiary/aromatic N) is 1. The van der Waals surface area contributed by atoms with Crippen LogP contribution < -0.4 is 0 Å². The normalized spacial score (nSPS) is 20.6. The van der Waals surface area contributed by atoms with Gasteiger partial charge in [-0.05, 0) is 74.9 Å². The van der Waals surface area contributed by atoms with E-state index in [0.29, 0.717) is 5.92 Å². The Kier molecular flexibility index (Phi) is 5.43. The fraction of sp³-hybridized carbons (Fsp3) is 0.318. The molecular weight excluding hydrogens is 297 g/mol. The highest BCUT2D eigenvalue weighted by Crippen LogP contribution is 2.29. The lowest BCUT2D eigenvalue weighted by Gasteiger charge is -2.22. The molecule has 1 aromatic carbocycles. The van der Waals surface area contributed by atoms with E-state index >= 15 is 0 Å². The van der Waals surface area contributed by atoms with Crippen LogP contribution >= 0.6 is 0 Å². The van der Waals surface area contributed by atoms with Gasteiger partial charge >= 0.3 is 0 Å². The molecule has 1 nitrogen and oxygen atoms in total. The average Bonchev–Trinajstić information content (AvgIpc) is 2.63. The van der Waals surface area contributed by atoms with Gasteiger partial charge in [-0.3, -0.25) is 4.98 Å². The number of aromatic nitrogens is 1. The summed E-state index contributed by atoms with van der Waals surface area (Å²) in [5.74, 6) is 7.67. The Bertz CT molecular complexity index is 739. The lowest BCUT2D eigenvalue weighted by Crippen LogP contribution is -2.11. The van der Waals surface area contributed by atoms with E-state index in [1.54, 1.807) is 18.3 Å². The largest absolute Gasteiger partial charge is 0.255 e. The van der Waals surface area contributed by atoms with Crippen molar-refractivity contribution >= 4 is 0 Å². The fourth-order valence-electron chi connectivity index (χ4n) is 3.17. The maximum atomic E-state index is 13.0. The molecule has 0 radical (unpaired) electrons. The molecule has 1 aromatic heterocycles. The summed E-state index contributed by atoms with van der Waals surface area (Å²) in [7, 11) is 0. The quantitative estimate of drug-likeness (QED) is 0.517. The molecule has 0 atom stereocenters. The van der Waals surface area contributed by atoms with Crippen molar-refractivity contribution in [3.63, 3.8) is 0 Å². The van der Waals surface area contributed by atoms with Crippen molar-refractivity contribution in [2.75, 3.05) is 0 Å². The summed E-state index contributed by atoms with van der Waals surface area (Å²) in [4.78, 5) is 4.44. The first-order chi connectivity index (χ1) is 11.7. The summed E-state index contributed by atoms with van der Waals surface area (Å²) < 4.78 is 13.0. The van der Waals surface area contributed by atoms with Crippen LogP contribution in [-0.2, 0) is 0 Å². The van der Waals surface area contributed by atoms with Crippen LogP contribution in [0.4, 0.5) is 4.39 Å². The highest BCUT2D eigenvalue weighted by Gasteiger charge is 2.17. The van der Waals surface area contributed by atoms with Crippen molar-refractivity contribution in [2.24, 2.45) is 11.8 Å². The van der Waals surface area contributed by atoms with E-state index in [-0.39, 0.29) is 5.82 Å². The Morgan fingerprint density at radius 3 is 2.42 bits per heavy atom. The molecule has 0 saturated heterocycles. The highest BCUT2D eigenvalue weighted by molar-refractivity contribution is 5.59. The van der Waals surface area contributed by atoms with E-state index in [2.05, 4.69) is 35.9 Å². The Balaban J connectivity index is 1.62. The summed E-state index contributed by atoms with van der Waals surface area (Å²) >= 11 is 0. The molecule has 2 aromatic rings. The van der Waals surface area contributed by atoms with Crippen molar-refractivity contribution < 1.29 is 4.39 Å². The van der Waals surface area contributed by atoms with Crippen LogP contribution in [0.5, 0.6) is 0 Å². The average molecular weight is 319 g/mol. The third-order valence-electron chi connectivity index (χ3n) is 4.56. The van der Waals surface area contributed by atoms with Crippen molar-refractivity contribution in [2.45, 2.75) is 32.6 Å². The van der Waals surface area contributed by atoms with Crippen LogP contribution in [0.25, 0.3) is 11.3 Å². The Hall–Kier alpha value is -2.40. The van der Waals surface area contributed by atoms with Crippen LogP contribution in [0.3, 0.4) is 0 Å². The lowest BCUT2D eigenvalue weighted by molar-refractivity contribution is 0.364. The second-order valence-corrected chi connectivity index (χ2v) is 6.35. The van der Waals surface area contributed by atoms with E-state index in [9.17, 15) is 4.39 Å². The lowest BCUT2D eigenvalue weighted by atomic mass is 9.82. The smallest absolute Gasteiger partial charge is 0.123 e. The van der Waals surface area contributed by atoms with Gasteiger partial charge in [0.15, 0.2) is 0 Å². The monoisotopic (exact) mass is 319 g/mol. The number of pyridine rings is 1. The van der Waals surface area contributed by atoms with Gasteiger partial charge < -0.3 is 0 Å². The first kappa shape index (κ1) is 16.5. The molecule has 1 aliphatic carbocycles. The van der Waals surface area contributed by atoms with E-state index in [1.165, 1.54) is 37.8 Å². The van der Waals surface area contributed by atoms with Gasteiger partial charge in [0.2, 0.25) is 0 Å². The van der Waals surface area contributed by atoms with Crippen molar-refractivity contribution in [3.05, 3.63) is 66.1 Å². The number of rotatable bonds is 2. The van der Waals surface area contributed by atoms with Crippen molar-refractivity contribution in [1.82, 2.24) is 4.98 Å². The molecule has 1 saturated carbocycles. The van der Waals surface area contributed by atoms with E-state index < -0.39 is 0 Å². The van der Waals surface area contributed by atoms with Crippen molar-refractivity contribution in [3.8, 4) is 23.1 Å². The zero-order chi connectivity index (χ0) is 16.8. The first-order valence-electron chi connectivity index (χ1n) is 8.61. The van der Waals surface area contributed by atoms with Crippen LogP contribution in [0.1, 0.15) is 38.2 Å². The number of benzene rings is 1. The minimum Gasteiger partial charge on any atom is -0.255 e. The summed E-state index contributed by atoms with van der Waals surface area (Å²) in [5.41, 5.74) is 2.70. The molecule has 122 valence electrons. The number of hydrogen-bond donors (Lipinski definition) is 0. The molecule has 1 fully saturated rings. The predicted molar refractivity (Wildman–Crippen MR) is 96.8 cm³/mol. The van der Waals surface area contributed by atoms with Crippen LogP contribution in [-0.4, -0.2) is 4.98 Å². The molecule has 0 bridgehead atoms. The predicted octanol–water partition coefficient (Wildman–Crippen LogP) is 5.62. The molecular formula is C22H22FN. The third kappa shape index (κ3) is 4.32. The van der Waals surface area contributed by atoms with Crippen molar-refractivity contribution in [1.29, 1.82) is 0 Å². The Morgan fingerprint density at radius 2 is 1.79 bits per heavy atom. The van der Waals surface area contributed by atoms with Gasteiger partial charge in [-0.25, -0.2) is 4.39 Å². The van der Waals surface area contributed by atoms with Crippen LogP contribution in [0, 0.1) is 29.5 Å². The number of hydrogen-bond acceptors (Lipinski definition) is 1. The van der Waals surface area contributed by atoms with Gasteiger partial charge in [-0.1, -0.05) is 24.0 Å². The zero-order valence-corrected chi connectivity index (χ0v) is 14.0. The molecule has 0 unspecified atom stereocenters. The van der Waals surface area contributed by atoms with Gasteiger partial charge in [0, 0.05) is 23.2 Å². The topological polar surface area (TPSA) is 12.9 Å². The van der Waals surface area contributed by atoms with Crippen LogP contribution in [0.15, 0.2) is 54.7 Å². The number of allylic oxidation sites excluding steroid dienone is 2. The molecule has 2 heteroatoms. The summed E-state index contributed by atoms with van der Waals surface area (Å²) in [6.45, 7) is 2.09. The maximum absolute atomic E-state index is 13.0. The van der Waals surface area contributed by atoms with Gasteiger partial charge in [0.1, 0.15) is 5.82 Å². The zero-order valence-electron chi connectivity index (χ0n) is 14.0. The van der Waals surface area contributed by atoms with Gasteiger partial charge in [-0.2, -0.15) is 0 Å². The van der Waals surface area contributed by atoms with E-state index in [4.69, 9.17) is 0 Å². The van der Waals surface area contributed by atoms with E-state index in [1.807, 2.05) is 12.1 Å². The standard InChI is InChI=1S/C22H22FN/c1-2-3-17-4-6-18(7-5-17)8-9-19-10-15-22(24-16-19)20-11-13-21(23)14-12-20/h2-3,10-18H,4-7H2,1H3/b3-2+. The van der Waals surface area contributed by atoms with Gasteiger partial charge in [0.05, 0.1) is 5.69 Å². The Labute approximate surface area is 143 Å². The van der Waals surface area contributed by atoms with E-state index in [0.717, 1.165) is 22.7 Å². The van der Waals surface area contributed by atoms with Crippen LogP contribution in [0.2, 0.25) is 0 Å². The summed E-state index contributed by atoms with van der Waals surface area (Å²) in [5, 5.41) is 0. The molecule has 0 aliphatic heterocycles. The maximum Gasteiger partial charge on any atom is 0.123 e. The SMILES string of the molecule is C/C=C/C1CCC(C#Cc2ccc(-c3ccc(F)cc3)nc2)CC1. The fourth-order valence-corrected chi connectivity index (χ4v) is 3.17. The second-order valence-electron chi connectivity index (χ2n) is 6.35. The minimum absolute atomic E-state index is 0.231. The molecule has 1 aliphatic rings. The highest BCUT2D eigenvalue weighted by atomic mass is 19.1. The second kappa shape index (κ2) is 7.93. The molecule has 1 heterocycles. The molecule has 3 rings (SSSR count). The Morgan fingerprint density at radius 1 is 1.04 bits per heavy atom. The minimum atomic E-state index is -0.231. The molecule has 24 heavy (non-hydrogen) atoms. The number of halogens is 1. The molecule has 0 N–H and O–H groups in total. The molecule has 0 amide bonds. The molecule has 0 spiro atoms. The van der Waals surface area contributed by atoms with Gasteiger partial charge in [-0.15, -0.1) is 0 Å². The summed E-state index contributed by atoms with van der Waals surface area (Å²) in [6, 6.07) is 10.3. The first-order valence-corrected chi connectivity index (χ1v) is 8.61. The summed E-state index contributed by atoms with van der Waals surface area (Å²) in [6.07, 6.45) is 11.1. The third-order valence-corrected chi connectivity index (χ3v) is 4.56.